The Morgan fingerprint density at radius 2 is 1.95 bits per heavy atom. The highest BCUT2D eigenvalue weighted by Crippen LogP contribution is 2.24. The lowest BCUT2D eigenvalue weighted by Gasteiger charge is -2.31. The molecule has 0 radical (unpaired) electrons. The topological polar surface area (TPSA) is 64.8 Å². The summed E-state index contributed by atoms with van der Waals surface area (Å²) in [5.74, 6) is 0.640. The molecule has 1 aliphatic heterocycles. The van der Waals surface area contributed by atoms with Crippen LogP contribution in [0.3, 0.4) is 0 Å². The van der Waals surface area contributed by atoms with Gasteiger partial charge in [0.2, 0.25) is 5.91 Å². The van der Waals surface area contributed by atoms with Crippen LogP contribution in [0, 0.1) is 5.92 Å². The van der Waals surface area contributed by atoms with Gasteiger partial charge in [0, 0.05) is 19.7 Å². The summed E-state index contributed by atoms with van der Waals surface area (Å²) < 4.78 is 11.1. The maximum absolute atomic E-state index is 12.3. The van der Waals surface area contributed by atoms with Gasteiger partial charge in [0.1, 0.15) is 6.04 Å². The van der Waals surface area contributed by atoms with Crippen molar-refractivity contribution in [3.8, 4) is 0 Å². The number of nitrogens with two attached hydrogens (primary N) is 1. The number of nitrogens with zero attached hydrogens (tertiary/aromatic N) is 1. The van der Waals surface area contributed by atoms with Gasteiger partial charge < -0.3 is 20.1 Å². The van der Waals surface area contributed by atoms with Crippen molar-refractivity contribution in [2.45, 2.75) is 51.2 Å². The van der Waals surface area contributed by atoms with Gasteiger partial charge in [-0.15, -0.1) is 0 Å². The first kappa shape index (κ1) is 15.7. The third-order valence-electron chi connectivity index (χ3n) is 4.43. The predicted octanol–water partition coefficient (Wildman–Crippen LogP) is 1.16. The molecule has 1 heterocycles. The summed E-state index contributed by atoms with van der Waals surface area (Å²) in [6.07, 6.45) is 6.24. The minimum atomic E-state index is -0.559. The normalized spacial score (nSPS) is 24.4. The van der Waals surface area contributed by atoms with Crippen molar-refractivity contribution in [1.29, 1.82) is 0 Å². The van der Waals surface area contributed by atoms with Gasteiger partial charge in [-0.1, -0.05) is 19.3 Å². The van der Waals surface area contributed by atoms with Crippen LogP contribution in [-0.4, -0.2) is 55.9 Å². The Balaban J connectivity index is 1.72. The van der Waals surface area contributed by atoms with E-state index in [9.17, 15) is 4.79 Å². The van der Waals surface area contributed by atoms with Crippen molar-refractivity contribution >= 4 is 5.91 Å². The minimum absolute atomic E-state index is 0.00977. The summed E-state index contributed by atoms with van der Waals surface area (Å²) in [6, 6.07) is -0.559. The van der Waals surface area contributed by atoms with Crippen molar-refractivity contribution in [1.82, 2.24) is 4.90 Å². The second-order valence-electron chi connectivity index (χ2n) is 6.01. The van der Waals surface area contributed by atoms with Gasteiger partial charge in [-0.25, -0.2) is 0 Å². The van der Waals surface area contributed by atoms with E-state index in [2.05, 4.69) is 0 Å². The van der Waals surface area contributed by atoms with Crippen molar-refractivity contribution < 1.29 is 14.3 Å². The number of morpholine rings is 1. The lowest BCUT2D eigenvalue weighted by Crippen LogP contribution is -2.53. The summed E-state index contributed by atoms with van der Waals surface area (Å²) >= 11 is 0. The summed E-state index contributed by atoms with van der Waals surface area (Å²) in [4.78, 5) is 14.0. The second-order valence-corrected chi connectivity index (χ2v) is 6.01. The van der Waals surface area contributed by atoms with Crippen LogP contribution in [0.5, 0.6) is 0 Å². The number of ether oxygens (including phenoxy) is 2. The van der Waals surface area contributed by atoms with E-state index in [1.807, 2.05) is 6.92 Å². The second kappa shape index (κ2) is 7.96. The van der Waals surface area contributed by atoms with Crippen LogP contribution in [0.2, 0.25) is 0 Å². The number of carbonyl (C=O) groups excluding carboxylic acids is 1. The van der Waals surface area contributed by atoms with E-state index in [0.29, 0.717) is 32.2 Å². The molecule has 2 rings (SSSR count). The van der Waals surface area contributed by atoms with Crippen molar-refractivity contribution in [3.63, 3.8) is 0 Å². The van der Waals surface area contributed by atoms with Gasteiger partial charge in [-0.05, 0) is 25.7 Å². The Morgan fingerprint density at radius 3 is 2.60 bits per heavy atom. The SMILES string of the molecule is C[C@@H](OCC1CCCCC1)[C@H](N)C(=O)N1CCOCC1. The molecule has 5 nitrogen and oxygen atoms in total. The van der Waals surface area contributed by atoms with Gasteiger partial charge in [0.05, 0.1) is 19.3 Å². The van der Waals surface area contributed by atoms with Crippen LogP contribution in [0.25, 0.3) is 0 Å². The summed E-state index contributed by atoms with van der Waals surface area (Å²) in [7, 11) is 0. The maximum atomic E-state index is 12.3. The molecule has 5 heteroatoms. The molecular weight excluding hydrogens is 256 g/mol. The molecule has 0 aromatic heterocycles. The molecule has 0 aromatic rings. The van der Waals surface area contributed by atoms with Crippen LogP contribution in [-0.2, 0) is 14.3 Å². The number of rotatable bonds is 5. The van der Waals surface area contributed by atoms with Crippen molar-refractivity contribution in [2.24, 2.45) is 11.7 Å². The average molecular weight is 284 g/mol. The quantitative estimate of drug-likeness (QED) is 0.823. The first-order chi connectivity index (χ1) is 9.68. The van der Waals surface area contributed by atoms with Gasteiger partial charge in [-0.2, -0.15) is 0 Å². The lowest BCUT2D eigenvalue weighted by molar-refractivity contribution is -0.140. The molecule has 1 amide bonds. The number of hydrogen-bond donors (Lipinski definition) is 1. The van der Waals surface area contributed by atoms with Gasteiger partial charge >= 0.3 is 0 Å². The van der Waals surface area contributed by atoms with E-state index in [4.69, 9.17) is 15.2 Å². The molecule has 0 spiro atoms. The largest absolute Gasteiger partial charge is 0.378 e. The monoisotopic (exact) mass is 284 g/mol. The van der Waals surface area contributed by atoms with E-state index < -0.39 is 6.04 Å². The minimum Gasteiger partial charge on any atom is -0.378 e. The molecule has 2 atom stereocenters. The molecular formula is C15H28N2O3. The Bertz CT molecular complexity index is 299. The molecule has 20 heavy (non-hydrogen) atoms. The summed E-state index contributed by atoms with van der Waals surface area (Å²) in [5.41, 5.74) is 6.05. The van der Waals surface area contributed by atoms with E-state index in [0.717, 1.165) is 6.61 Å². The first-order valence-corrected chi connectivity index (χ1v) is 7.92. The molecule has 0 aromatic carbocycles. The highest BCUT2D eigenvalue weighted by Gasteiger charge is 2.28. The molecule has 2 aliphatic rings. The van der Waals surface area contributed by atoms with Crippen LogP contribution < -0.4 is 5.73 Å². The van der Waals surface area contributed by atoms with Crippen molar-refractivity contribution in [2.75, 3.05) is 32.9 Å². The highest BCUT2D eigenvalue weighted by molar-refractivity contribution is 5.82. The Kier molecular flexibility index (Phi) is 6.26. The van der Waals surface area contributed by atoms with Gasteiger partial charge in [-0.3, -0.25) is 4.79 Å². The molecule has 2 N–H and O–H groups in total. The summed E-state index contributed by atoms with van der Waals surface area (Å²) in [5, 5.41) is 0. The Hall–Kier alpha value is -0.650. The van der Waals surface area contributed by atoms with Crippen LogP contribution in [0.4, 0.5) is 0 Å². The highest BCUT2D eigenvalue weighted by atomic mass is 16.5. The fourth-order valence-corrected chi connectivity index (χ4v) is 2.94. The number of hydrogen-bond acceptors (Lipinski definition) is 4. The zero-order valence-corrected chi connectivity index (χ0v) is 12.6. The van der Waals surface area contributed by atoms with E-state index in [-0.39, 0.29) is 12.0 Å². The molecule has 1 aliphatic carbocycles. The molecule has 2 fully saturated rings. The molecule has 0 bridgehead atoms. The predicted molar refractivity (Wildman–Crippen MR) is 77.4 cm³/mol. The fourth-order valence-electron chi connectivity index (χ4n) is 2.94. The standard InChI is InChI=1S/C15H28N2O3/c1-12(20-11-13-5-3-2-4-6-13)14(16)15(18)17-7-9-19-10-8-17/h12-14H,2-11,16H2,1H3/t12-,14+/m1/s1. The van der Waals surface area contributed by atoms with Crippen molar-refractivity contribution in [3.05, 3.63) is 0 Å². The van der Waals surface area contributed by atoms with Gasteiger partial charge in [0.15, 0.2) is 0 Å². The maximum Gasteiger partial charge on any atom is 0.242 e. The Morgan fingerprint density at radius 1 is 1.30 bits per heavy atom. The fraction of sp³-hybridized carbons (Fsp3) is 0.933. The molecule has 1 saturated heterocycles. The van der Waals surface area contributed by atoms with Crippen LogP contribution >= 0.6 is 0 Å². The third-order valence-corrected chi connectivity index (χ3v) is 4.43. The van der Waals surface area contributed by atoms with E-state index >= 15 is 0 Å². The Labute approximate surface area is 121 Å². The molecule has 1 saturated carbocycles. The molecule has 0 unspecified atom stereocenters. The van der Waals surface area contributed by atoms with Crippen LogP contribution in [0.1, 0.15) is 39.0 Å². The zero-order chi connectivity index (χ0) is 14.4. The van der Waals surface area contributed by atoms with E-state index in [1.54, 1.807) is 4.90 Å². The summed E-state index contributed by atoms with van der Waals surface area (Å²) in [6.45, 7) is 5.15. The lowest BCUT2D eigenvalue weighted by atomic mass is 9.90. The first-order valence-electron chi connectivity index (χ1n) is 7.92. The van der Waals surface area contributed by atoms with Crippen LogP contribution in [0.15, 0.2) is 0 Å². The number of amides is 1. The average Bonchev–Trinajstić information content (AvgIpc) is 2.53. The smallest absolute Gasteiger partial charge is 0.242 e. The molecule has 116 valence electrons. The van der Waals surface area contributed by atoms with E-state index in [1.165, 1.54) is 32.1 Å². The van der Waals surface area contributed by atoms with Gasteiger partial charge in [0.25, 0.3) is 0 Å². The zero-order valence-electron chi connectivity index (χ0n) is 12.6. The third kappa shape index (κ3) is 4.43. The number of carbonyl (C=O) groups is 1.